The summed E-state index contributed by atoms with van der Waals surface area (Å²) in [4.78, 5) is 22.7. The van der Waals surface area contributed by atoms with E-state index in [1.165, 1.54) is 20.1 Å². The molecule has 0 amide bonds. The predicted octanol–water partition coefficient (Wildman–Crippen LogP) is 3.49. The predicted molar refractivity (Wildman–Crippen MR) is 69.5 cm³/mol. The van der Waals surface area contributed by atoms with Gasteiger partial charge in [-0.3, -0.25) is 9.59 Å². The Bertz CT molecular complexity index is 448. The van der Waals surface area contributed by atoms with Gasteiger partial charge in [-0.2, -0.15) is 0 Å². The summed E-state index contributed by atoms with van der Waals surface area (Å²) in [7, 11) is 1.26. The number of thioether (sulfide) groups is 1. The van der Waals surface area contributed by atoms with Crippen LogP contribution in [-0.4, -0.2) is 18.2 Å². The van der Waals surface area contributed by atoms with Crippen molar-refractivity contribution in [1.29, 1.82) is 0 Å². The van der Waals surface area contributed by atoms with Crippen LogP contribution in [-0.2, 0) is 14.3 Å². The summed E-state index contributed by atoms with van der Waals surface area (Å²) in [5.41, 5.74) is 0.517. The largest absolute Gasteiger partial charge is 0.468 e. The Morgan fingerprint density at radius 1 is 1.35 bits per heavy atom. The molecule has 3 nitrogen and oxygen atoms in total. The standard InChI is InChI=1S/C11H10Cl2O3S/c1-6(14)17-10(11(15)16-2)8-4-3-7(12)5-9(8)13/h3-5,10H,1-2H3. The molecule has 0 fully saturated rings. The van der Waals surface area contributed by atoms with Crippen molar-refractivity contribution < 1.29 is 14.3 Å². The molecule has 1 aromatic carbocycles. The topological polar surface area (TPSA) is 43.4 Å². The number of hydrogen-bond donors (Lipinski definition) is 0. The molecule has 6 heteroatoms. The average Bonchev–Trinajstić information content (AvgIpc) is 2.25. The van der Waals surface area contributed by atoms with Crippen molar-refractivity contribution in [2.45, 2.75) is 12.2 Å². The quantitative estimate of drug-likeness (QED) is 0.800. The highest BCUT2D eigenvalue weighted by molar-refractivity contribution is 8.14. The molecule has 0 saturated carbocycles. The van der Waals surface area contributed by atoms with Gasteiger partial charge in [0.05, 0.1) is 7.11 Å². The van der Waals surface area contributed by atoms with Gasteiger partial charge in [0.25, 0.3) is 0 Å². The fourth-order valence-electron chi connectivity index (χ4n) is 1.23. The van der Waals surface area contributed by atoms with Crippen LogP contribution in [0.15, 0.2) is 18.2 Å². The summed E-state index contributed by atoms with van der Waals surface area (Å²) in [5, 5.41) is -0.148. The van der Waals surface area contributed by atoms with Crippen LogP contribution in [0, 0.1) is 0 Å². The summed E-state index contributed by atoms with van der Waals surface area (Å²) in [6, 6.07) is 4.75. The molecule has 1 rings (SSSR count). The van der Waals surface area contributed by atoms with Gasteiger partial charge in [-0.05, 0) is 17.7 Å². The number of halogens is 2. The zero-order chi connectivity index (χ0) is 13.0. The number of rotatable bonds is 3. The van der Waals surface area contributed by atoms with E-state index in [4.69, 9.17) is 23.2 Å². The molecular formula is C11H10Cl2O3S. The van der Waals surface area contributed by atoms with Crippen LogP contribution in [0.3, 0.4) is 0 Å². The Labute approximate surface area is 113 Å². The maximum Gasteiger partial charge on any atom is 0.323 e. The fourth-order valence-corrected chi connectivity index (χ4v) is 2.66. The lowest BCUT2D eigenvalue weighted by Crippen LogP contribution is -2.13. The number of esters is 1. The molecular weight excluding hydrogens is 283 g/mol. The minimum Gasteiger partial charge on any atom is -0.468 e. The van der Waals surface area contributed by atoms with E-state index in [0.29, 0.717) is 15.6 Å². The molecule has 0 bridgehead atoms. The second-order valence-corrected chi connectivity index (χ2v) is 5.30. The molecule has 0 aliphatic rings. The highest BCUT2D eigenvalue weighted by Gasteiger charge is 2.26. The van der Waals surface area contributed by atoms with E-state index >= 15 is 0 Å². The van der Waals surface area contributed by atoms with E-state index in [2.05, 4.69) is 4.74 Å². The van der Waals surface area contributed by atoms with Gasteiger partial charge in [0, 0.05) is 17.0 Å². The lowest BCUT2D eigenvalue weighted by atomic mass is 10.1. The van der Waals surface area contributed by atoms with Crippen molar-refractivity contribution in [2.24, 2.45) is 0 Å². The summed E-state index contributed by atoms with van der Waals surface area (Å²) in [6.07, 6.45) is 0. The van der Waals surface area contributed by atoms with E-state index in [-0.39, 0.29) is 5.12 Å². The summed E-state index contributed by atoms with van der Waals surface area (Å²) in [6.45, 7) is 1.38. The van der Waals surface area contributed by atoms with Gasteiger partial charge in [-0.1, -0.05) is 41.0 Å². The van der Waals surface area contributed by atoms with Gasteiger partial charge in [0.15, 0.2) is 5.12 Å². The third kappa shape index (κ3) is 3.91. The minimum absolute atomic E-state index is 0.189. The lowest BCUT2D eigenvalue weighted by molar-refractivity contribution is -0.140. The Kier molecular flexibility index (Phi) is 5.31. The number of hydrogen-bond acceptors (Lipinski definition) is 4. The lowest BCUT2D eigenvalue weighted by Gasteiger charge is -2.14. The van der Waals surface area contributed by atoms with Gasteiger partial charge in [0.2, 0.25) is 0 Å². The van der Waals surface area contributed by atoms with Crippen molar-refractivity contribution in [3.8, 4) is 0 Å². The first-order chi connectivity index (χ1) is 7.95. The van der Waals surface area contributed by atoms with Crippen LogP contribution >= 0.6 is 35.0 Å². The van der Waals surface area contributed by atoms with Gasteiger partial charge < -0.3 is 4.74 Å². The van der Waals surface area contributed by atoms with E-state index in [1.807, 2.05) is 0 Å². The molecule has 0 radical (unpaired) electrons. The third-order valence-corrected chi connectivity index (χ3v) is 3.52. The highest BCUT2D eigenvalue weighted by atomic mass is 35.5. The van der Waals surface area contributed by atoms with Crippen molar-refractivity contribution in [3.63, 3.8) is 0 Å². The van der Waals surface area contributed by atoms with E-state index in [1.54, 1.807) is 12.1 Å². The molecule has 1 unspecified atom stereocenters. The van der Waals surface area contributed by atoms with E-state index in [9.17, 15) is 9.59 Å². The first-order valence-corrected chi connectivity index (χ1v) is 6.29. The number of ether oxygens (including phenoxy) is 1. The molecule has 0 N–H and O–H groups in total. The van der Waals surface area contributed by atoms with Crippen LogP contribution in [0.2, 0.25) is 10.0 Å². The van der Waals surface area contributed by atoms with Gasteiger partial charge in [0.1, 0.15) is 5.25 Å². The van der Waals surface area contributed by atoms with Crippen LogP contribution in [0.5, 0.6) is 0 Å². The maximum absolute atomic E-state index is 11.6. The Morgan fingerprint density at radius 2 is 2.00 bits per heavy atom. The molecule has 1 aromatic rings. The highest BCUT2D eigenvalue weighted by Crippen LogP contribution is 2.36. The van der Waals surface area contributed by atoms with Gasteiger partial charge in [-0.15, -0.1) is 0 Å². The molecule has 0 aromatic heterocycles. The molecule has 0 aliphatic carbocycles. The maximum atomic E-state index is 11.6. The molecule has 0 heterocycles. The minimum atomic E-state index is -0.762. The number of benzene rings is 1. The average molecular weight is 293 g/mol. The monoisotopic (exact) mass is 292 g/mol. The van der Waals surface area contributed by atoms with Crippen molar-refractivity contribution in [2.75, 3.05) is 7.11 Å². The van der Waals surface area contributed by atoms with Crippen molar-refractivity contribution in [1.82, 2.24) is 0 Å². The second kappa shape index (κ2) is 6.28. The Balaban J connectivity index is 3.12. The van der Waals surface area contributed by atoms with Crippen LogP contribution in [0.25, 0.3) is 0 Å². The molecule has 0 aliphatic heterocycles. The molecule has 0 saturated heterocycles. The number of methoxy groups -OCH3 is 1. The first kappa shape index (κ1) is 14.4. The normalized spacial score (nSPS) is 12.0. The van der Waals surface area contributed by atoms with Crippen molar-refractivity contribution in [3.05, 3.63) is 33.8 Å². The van der Waals surface area contributed by atoms with E-state index in [0.717, 1.165) is 11.8 Å². The molecule has 1 atom stereocenters. The Morgan fingerprint density at radius 3 is 2.47 bits per heavy atom. The second-order valence-electron chi connectivity index (χ2n) is 3.18. The summed E-state index contributed by atoms with van der Waals surface area (Å²) < 4.78 is 4.65. The first-order valence-electron chi connectivity index (χ1n) is 4.65. The Hall–Kier alpha value is -0.710. The van der Waals surface area contributed by atoms with Crippen LogP contribution in [0.1, 0.15) is 17.7 Å². The summed E-state index contributed by atoms with van der Waals surface area (Å²) in [5.74, 6) is -0.519. The SMILES string of the molecule is COC(=O)C(SC(C)=O)c1ccc(Cl)cc1Cl. The fraction of sp³-hybridized carbons (Fsp3) is 0.273. The van der Waals surface area contributed by atoms with E-state index < -0.39 is 11.2 Å². The zero-order valence-electron chi connectivity index (χ0n) is 9.20. The number of carbonyl (C=O) groups excluding carboxylic acids is 2. The smallest absolute Gasteiger partial charge is 0.323 e. The zero-order valence-corrected chi connectivity index (χ0v) is 11.5. The van der Waals surface area contributed by atoms with Gasteiger partial charge in [-0.25, -0.2) is 0 Å². The summed E-state index contributed by atoms with van der Waals surface area (Å²) >= 11 is 12.6. The van der Waals surface area contributed by atoms with Crippen molar-refractivity contribution >= 4 is 46.0 Å². The van der Waals surface area contributed by atoms with Crippen LogP contribution in [0.4, 0.5) is 0 Å². The molecule has 92 valence electrons. The van der Waals surface area contributed by atoms with Crippen LogP contribution < -0.4 is 0 Å². The number of carbonyl (C=O) groups is 2. The molecule has 0 spiro atoms. The van der Waals surface area contributed by atoms with Gasteiger partial charge >= 0.3 is 5.97 Å². The third-order valence-electron chi connectivity index (χ3n) is 1.94. The molecule has 17 heavy (non-hydrogen) atoms.